The Bertz CT molecular complexity index is 1210. The lowest BCUT2D eigenvalue weighted by Crippen LogP contribution is -2.43. The minimum Gasteiger partial charge on any atom is -0.388 e. The van der Waals surface area contributed by atoms with E-state index in [1.165, 1.54) is 0 Å². The number of aryl methyl sites for hydroxylation is 1. The van der Waals surface area contributed by atoms with E-state index in [1.807, 2.05) is 49.4 Å². The number of carbonyl (C=O) groups excluding carboxylic acids is 1. The van der Waals surface area contributed by atoms with Gasteiger partial charge in [0.05, 0.1) is 35.2 Å². The lowest BCUT2D eigenvalue weighted by atomic mass is 9.92. The fourth-order valence-electron chi connectivity index (χ4n) is 3.46. The SMILES string of the molecule is Cc1cc(-n2ncc3cc(NC(=O)N[C@@H](c4ccccc4)C(C)(C)O)ncc32)ccn1. The molecule has 0 unspecified atom stereocenters. The van der Waals surface area contributed by atoms with Crippen LogP contribution in [-0.2, 0) is 0 Å². The second-order valence-corrected chi connectivity index (χ2v) is 7.94. The van der Waals surface area contributed by atoms with Crippen molar-refractivity contribution in [3.63, 3.8) is 0 Å². The Hall–Kier alpha value is -3.78. The van der Waals surface area contributed by atoms with Crippen LogP contribution in [0, 0.1) is 6.92 Å². The van der Waals surface area contributed by atoms with Gasteiger partial charge in [-0.15, -0.1) is 0 Å². The second-order valence-electron chi connectivity index (χ2n) is 7.94. The first-order valence-corrected chi connectivity index (χ1v) is 9.93. The number of hydrogen-bond acceptors (Lipinski definition) is 5. The number of nitrogens with zero attached hydrogens (tertiary/aromatic N) is 4. The van der Waals surface area contributed by atoms with Crippen molar-refractivity contribution in [2.75, 3.05) is 5.32 Å². The maximum absolute atomic E-state index is 12.6. The molecule has 8 heteroatoms. The Morgan fingerprint density at radius 2 is 1.87 bits per heavy atom. The molecule has 31 heavy (non-hydrogen) atoms. The number of rotatable bonds is 5. The van der Waals surface area contributed by atoms with Gasteiger partial charge in [0.15, 0.2) is 0 Å². The zero-order valence-electron chi connectivity index (χ0n) is 17.6. The van der Waals surface area contributed by atoms with Crippen molar-refractivity contribution in [3.05, 3.63) is 78.4 Å². The molecule has 0 bridgehead atoms. The predicted molar refractivity (Wildman–Crippen MR) is 119 cm³/mol. The predicted octanol–water partition coefficient (Wildman–Crippen LogP) is 3.76. The third kappa shape index (κ3) is 4.54. The number of pyridine rings is 2. The number of hydrogen-bond donors (Lipinski definition) is 3. The number of amides is 2. The first kappa shape index (κ1) is 20.5. The number of urea groups is 1. The maximum Gasteiger partial charge on any atom is 0.320 e. The molecule has 1 atom stereocenters. The van der Waals surface area contributed by atoms with E-state index in [9.17, 15) is 9.90 Å². The van der Waals surface area contributed by atoms with Gasteiger partial charge in [-0.3, -0.25) is 10.3 Å². The number of anilines is 1. The van der Waals surface area contributed by atoms with Crippen molar-refractivity contribution in [2.24, 2.45) is 0 Å². The summed E-state index contributed by atoms with van der Waals surface area (Å²) >= 11 is 0. The summed E-state index contributed by atoms with van der Waals surface area (Å²) in [6.45, 7) is 5.24. The molecular weight excluding hydrogens is 392 g/mol. The van der Waals surface area contributed by atoms with Crippen molar-refractivity contribution >= 4 is 22.8 Å². The molecule has 3 N–H and O–H groups in total. The maximum atomic E-state index is 12.6. The second kappa shape index (κ2) is 8.16. The van der Waals surface area contributed by atoms with Crippen LogP contribution in [0.15, 0.2) is 67.1 Å². The largest absolute Gasteiger partial charge is 0.388 e. The first-order valence-electron chi connectivity index (χ1n) is 9.93. The summed E-state index contributed by atoms with van der Waals surface area (Å²) in [5.41, 5.74) is 2.25. The third-order valence-electron chi connectivity index (χ3n) is 4.94. The Labute approximate surface area is 180 Å². The molecule has 0 aliphatic rings. The summed E-state index contributed by atoms with van der Waals surface area (Å²) in [7, 11) is 0. The van der Waals surface area contributed by atoms with E-state index in [0.717, 1.165) is 27.8 Å². The minimum atomic E-state index is -1.15. The Morgan fingerprint density at radius 1 is 1.10 bits per heavy atom. The van der Waals surface area contributed by atoms with Crippen LogP contribution in [0.25, 0.3) is 16.6 Å². The van der Waals surface area contributed by atoms with Gasteiger partial charge in [0.2, 0.25) is 0 Å². The molecule has 0 radical (unpaired) electrons. The monoisotopic (exact) mass is 416 g/mol. The fraction of sp³-hybridized carbons (Fsp3) is 0.217. The highest BCUT2D eigenvalue weighted by molar-refractivity contribution is 5.91. The topological polar surface area (TPSA) is 105 Å². The summed E-state index contributed by atoms with van der Waals surface area (Å²) in [6.07, 6.45) is 5.12. The van der Waals surface area contributed by atoms with E-state index in [-0.39, 0.29) is 0 Å². The van der Waals surface area contributed by atoms with Gasteiger partial charge in [0.25, 0.3) is 0 Å². The van der Waals surface area contributed by atoms with Crippen molar-refractivity contribution in [3.8, 4) is 5.69 Å². The van der Waals surface area contributed by atoms with Gasteiger partial charge in [-0.2, -0.15) is 5.10 Å². The molecule has 0 aliphatic carbocycles. The summed E-state index contributed by atoms with van der Waals surface area (Å²) in [5.74, 6) is 0.387. The van der Waals surface area contributed by atoms with Crippen molar-refractivity contribution in [2.45, 2.75) is 32.4 Å². The van der Waals surface area contributed by atoms with Crippen LogP contribution in [0.4, 0.5) is 10.6 Å². The number of nitrogens with one attached hydrogen (secondary N) is 2. The van der Waals surface area contributed by atoms with Gasteiger partial charge < -0.3 is 10.4 Å². The molecule has 8 nitrogen and oxygen atoms in total. The van der Waals surface area contributed by atoms with Gasteiger partial charge in [0.1, 0.15) is 5.82 Å². The molecule has 2 amide bonds. The summed E-state index contributed by atoms with van der Waals surface area (Å²) in [4.78, 5) is 21.2. The van der Waals surface area contributed by atoms with Crippen LogP contribution < -0.4 is 10.6 Å². The standard InChI is InChI=1S/C23H24N6O2/c1-15-11-18(9-10-24-15)29-19-14-25-20(12-17(19)13-26-29)27-22(30)28-21(23(2,3)31)16-7-5-4-6-8-16/h4-14,21,31H,1-3H3,(H2,25,27,28,30)/t21-/m0/s1. The summed E-state index contributed by atoms with van der Waals surface area (Å²) in [6, 6.07) is 13.9. The molecule has 4 rings (SSSR count). The molecule has 0 aliphatic heterocycles. The highest BCUT2D eigenvalue weighted by Crippen LogP contribution is 2.26. The molecule has 3 heterocycles. The molecule has 1 aromatic carbocycles. The molecule has 0 fully saturated rings. The van der Waals surface area contributed by atoms with Crippen LogP contribution in [-0.4, -0.2) is 36.5 Å². The molecule has 0 saturated carbocycles. The summed E-state index contributed by atoms with van der Waals surface area (Å²) < 4.78 is 1.78. The number of aliphatic hydroxyl groups is 1. The lowest BCUT2D eigenvalue weighted by molar-refractivity contribution is 0.0415. The Balaban J connectivity index is 1.54. The zero-order chi connectivity index (χ0) is 22.0. The smallest absolute Gasteiger partial charge is 0.320 e. The van der Waals surface area contributed by atoms with Crippen LogP contribution in [0.3, 0.4) is 0 Å². The quantitative estimate of drug-likeness (QED) is 0.459. The molecule has 0 saturated heterocycles. The van der Waals surface area contributed by atoms with Gasteiger partial charge in [0, 0.05) is 17.3 Å². The normalized spacial score (nSPS) is 12.5. The highest BCUT2D eigenvalue weighted by atomic mass is 16.3. The van der Waals surface area contributed by atoms with E-state index >= 15 is 0 Å². The average Bonchev–Trinajstić information content (AvgIpc) is 3.15. The van der Waals surface area contributed by atoms with E-state index < -0.39 is 17.7 Å². The highest BCUT2D eigenvalue weighted by Gasteiger charge is 2.30. The number of carbonyl (C=O) groups is 1. The van der Waals surface area contributed by atoms with Gasteiger partial charge >= 0.3 is 6.03 Å². The van der Waals surface area contributed by atoms with Crippen molar-refractivity contribution in [1.82, 2.24) is 25.1 Å². The number of benzene rings is 1. The van der Waals surface area contributed by atoms with Crippen LogP contribution >= 0.6 is 0 Å². The fourth-order valence-corrected chi connectivity index (χ4v) is 3.46. The number of aromatic nitrogens is 4. The van der Waals surface area contributed by atoms with Gasteiger partial charge in [-0.1, -0.05) is 30.3 Å². The first-order chi connectivity index (χ1) is 14.8. The minimum absolute atomic E-state index is 0.387. The van der Waals surface area contributed by atoms with Crippen molar-refractivity contribution in [1.29, 1.82) is 0 Å². The van der Waals surface area contributed by atoms with E-state index in [1.54, 1.807) is 43.2 Å². The molecule has 4 aromatic rings. The Kier molecular flexibility index (Phi) is 5.39. The van der Waals surface area contributed by atoms with Gasteiger partial charge in [-0.05, 0) is 44.5 Å². The molecule has 158 valence electrons. The molecule has 0 spiro atoms. The summed E-state index contributed by atoms with van der Waals surface area (Å²) in [5, 5.41) is 21.4. The third-order valence-corrected chi connectivity index (χ3v) is 4.94. The molecule has 3 aromatic heterocycles. The lowest BCUT2D eigenvalue weighted by Gasteiger charge is -2.30. The van der Waals surface area contributed by atoms with E-state index in [0.29, 0.717) is 5.82 Å². The van der Waals surface area contributed by atoms with Crippen molar-refractivity contribution < 1.29 is 9.90 Å². The average molecular weight is 416 g/mol. The van der Waals surface area contributed by atoms with E-state index in [2.05, 4.69) is 25.7 Å². The zero-order valence-corrected chi connectivity index (χ0v) is 17.6. The number of fused-ring (bicyclic) bond motifs is 1. The van der Waals surface area contributed by atoms with Gasteiger partial charge in [-0.25, -0.2) is 14.5 Å². The van der Waals surface area contributed by atoms with Crippen LogP contribution in [0.1, 0.15) is 31.1 Å². The van der Waals surface area contributed by atoms with Crippen LogP contribution in [0.2, 0.25) is 0 Å². The van der Waals surface area contributed by atoms with Crippen LogP contribution in [0.5, 0.6) is 0 Å². The Morgan fingerprint density at radius 3 is 2.58 bits per heavy atom. The van der Waals surface area contributed by atoms with E-state index in [4.69, 9.17) is 0 Å². The molecular formula is C23H24N6O2.